The molecule has 1 unspecified atom stereocenters. The molecule has 0 spiro atoms. The van der Waals surface area contributed by atoms with Gasteiger partial charge in [-0.05, 0) is 122 Å². The normalized spacial score (nSPS) is 12.6. The fraction of sp³-hybridized carbons (Fsp3) is 0.776. The van der Waals surface area contributed by atoms with Crippen LogP contribution in [-0.4, -0.2) is 37.2 Å². The van der Waals surface area contributed by atoms with Crippen molar-refractivity contribution < 1.29 is 28.6 Å². The Hall–Kier alpha value is -3.41. The Morgan fingerprint density at radius 1 is 0.244 bits per heavy atom. The SMILES string of the molecule is CCCCC/C=C\C/C=C\C/C=C\CCCCCCCCC(=O)OC(COC(=O)CCCCCCCCC/C=C\C/C=C\CCCCCC)COC(=O)CCCCCCCCCCCCCCCCC/C=C\C/C=C\CCCCCCC. The van der Waals surface area contributed by atoms with Gasteiger partial charge in [0.2, 0.25) is 0 Å². The first kappa shape index (κ1) is 78.6. The Morgan fingerprint density at radius 3 is 0.720 bits per heavy atom. The Labute approximate surface area is 509 Å². The quantitative estimate of drug-likeness (QED) is 0.0261. The summed E-state index contributed by atoms with van der Waals surface area (Å²) in [5.74, 6) is -0.885. The Morgan fingerprint density at radius 2 is 0.439 bits per heavy atom. The molecule has 0 aromatic carbocycles. The fourth-order valence-electron chi connectivity index (χ4n) is 10.2. The molecule has 0 bridgehead atoms. The molecule has 0 amide bonds. The summed E-state index contributed by atoms with van der Waals surface area (Å²) in [6, 6.07) is 0. The molecule has 0 radical (unpaired) electrons. The molecule has 0 aliphatic carbocycles. The van der Waals surface area contributed by atoms with Crippen molar-refractivity contribution in [1.29, 1.82) is 0 Å². The van der Waals surface area contributed by atoms with Crippen LogP contribution in [0.4, 0.5) is 0 Å². The minimum Gasteiger partial charge on any atom is -0.462 e. The van der Waals surface area contributed by atoms with Gasteiger partial charge in [0, 0.05) is 19.3 Å². The molecule has 0 aromatic rings. The monoisotopic (exact) mass is 1140 g/mol. The number of esters is 3. The maximum Gasteiger partial charge on any atom is 0.306 e. The third kappa shape index (κ3) is 67.4. The van der Waals surface area contributed by atoms with E-state index in [4.69, 9.17) is 14.2 Å². The van der Waals surface area contributed by atoms with E-state index in [1.165, 1.54) is 218 Å². The van der Waals surface area contributed by atoms with Crippen LogP contribution in [0.3, 0.4) is 0 Å². The van der Waals surface area contributed by atoms with Crippen LogP contribution in [0.25, 0.3) is 0 Å². The van der Waals surface area contributed by atoms with E-state index in [0.717, 1.165) is 103 Å². The topological polar surface area (TPSA) is 78.9 Å². The average molecular weight is 1140 g/mol. The first-order valence-electron chi connectivity index (χ1n) is 35.6. The average Bonchev–Trinajstić information content (AvgIpc) is 3.47. The van der Waals surface area contributed by atoms with E-state index >= 15 is 0 Å². The second-order valence-electron chi connectivity index (χ2n) is 23.8. The maximum atomic E-state index is 13.0. The highest BCUT2D eigenvalue weighted by atomic mass is 16.6. The van der Waals surface area contributed by atoms with Gasteiger partial charge < -0.3 is 14.2 Å². The molecule has 474 valence electrons. The largest absolute Gasteiger partial charge is 0.462 e. The predicted octanol–water partition coefficient (Wildman–Crippen LogP) is 24.6. The zero-order valence-corrected chi connectivity index (χ0v) is 54.5. The molecule has 0 rings (SSSR count). The molecule has 0 fully saturated rings. The van der Waals surface area contributed by atoms with Gasteiger partial charge in [0.05, 0.1) is 0 Å². The standard InChI is InChI=1S/C76H134O6/c1-4-7-10-13-16-19-22-25-28-31-34-35-36-37-38-39-40-41-43-45-48-51-54-57-60-63-66-69-75(78)81-72-73(71-80-74(77)68-65-62-59-56-53-50-47-44-33-30-27-24-21-18-15-12-9-6-3)82-76(79)70-67-64-61-58-55-52-49-46-42-32-29-26-23-20-17-14-11-8-5-2/h17,20-22,24-26,29-31,33-34,42,46,73H,4-16,18-19,23,27-28,32,35-41,43-45,47-72H2,1-3H3/b20-17-,24-21-,25-22-,29-26-,33-30-,34-31-,46-42-. The van der Waals surface area contributed by atoms with E-state index in [0.29, 0.717) is 19.3 Å². The van der Waals surface area contributed by atoms with Crippen LogP contribution in [0.15, 0.2) is 85.1 Å². The molecule has 6 heteroatoms. The van der Waals surface area contributed by atoms with Crippen molar-refractivity contribution in [3.63, 3.8) is 0 Å². The number of hydrogen-bond acceptors (Lipinski definition) is 6. The van der Waals surface area contributed by atoms with Gasteiger partial charge in [0.25, 0.3) is 0 Å². The summed E-state index contributed by atoms with van der Waals surface area (Å²) >= 11 is 0. The third-order valence-corrected chi connectivity index (χ3v) is 15.6. The lowest BCUT2D eigenvalue weighted by atomic mass is 10.0. The fourth-order valence-corrected chi connectivity index (χ4v) is 10.2. The molecule has 82 heavy (non-hydrogen) atoms. The van der Waals surface area contributed by atoms with Gasteiger partial charge in [-0.3, -0.25) is 14.4 Å². The van der Waals surface area contributed by atoms with E-state index in [1.54, 1.807) is 0 Å². The highest BCUT2D eigenvalue weighted by molar-refractivity contribution is 5.71. The number of rotatable bonds is 65. The van der Waals surface area contributed by atoms with Crippen molar-refractivity contribution in [2.24, 2.45) is 0 Å². The summed E-state index contributed by atoms with van der Waals surface area (Å²) in [5, 5.41) is 0. The summed E-state index contributed by atoms with van der Waals surface area (Å²) in [7, 11) is 0. The number of unbranched alkanes of at least 4 members (excludes halogenated alkanes) is 40. The van der Waals surface area contributed by atoms with Gasteiger partial charge in [-0.2, -0.15) is 0 Å². The molecule has 0 aliphatic rings. The molecule has 0 saturated carbocycles. The minimum atomic E-state index is -0.789. The van der Waals surface area contributed by atoms with Crippen LogP contribution in [0.1, 0.15) is 361 Å². The van der Waals surface area contributed by atoms with Crippen molar-refractivity contribution in [2.75, 3.05) is 13.2 Å². The summed E-state index contributed by atoms with van der Waals surface area (Å²) in [5.41, 5.74) is 0. The van der Waals surface area contributed by atoms with Gasteiger partial charge in [0.15, 0.2) is 6.10 Å². The highest BCUT2D eigenvalue weighted by Crippen LogP contribution is 2.17. The van der Waals surface area contributed by atoms with Gasteiger partial charge in [-0.15, -0.1) is 0 Å². The van der Waals surface area contributed by atoms with Crippen molar-refractivity contribution in [3.05, 3.63) is 85.1 Å². The summed E-state index contributed by atoms with van der Waals surface area (Å²) in [4.78, 5) is 38.5. The first-order chi connectivity index (χ1) is 40.5. The smallest absolute Gasteiger partial charge is 0.306 e. The van der Waals surface area contributed by atoms with Crippen LogP contribution in [0.2, 0.25) is 0 Å². The van der Waals surface area contributed by atoms with Crippen molar-refractivity contribution >= 4 is 17.9 Å². The van der Waals surface area contributed by atoms with Crippen LogP contribution < -0.4 is 0 Å². The Bertz CT molecular complexity index is 1550. The molecule has 0 heterocycles. The van der Waals surface area contributed by atoms with Crippen LogP contribution in [0.5, 0.6) is 0 Å². The van der Waals surface area contributed by atoms with Crippen LogP contribution in [0, 0.1) is 0 Å². The zero-order chi connectivity index (χ0) is 59.2. The molecule has 1 atom stereocenters. The number of carbonyl (C=O) groups excluding carboxylic acids is 3. The minimum absolute atomic E-state index is 0.0825. The predicted molar refractivity (Wildman–Crippen MR) is 358 cm³/mol. The lowest BCUT2D eigenvalue weighted by molar-refractivity contribution is -0.167. The van der Waals surface area contributed by atoms with Crippen molar-refractivity contribution in [3.8, 4) is 0 Å². The van der Waals surface area contributed by atoms with Crippen LogP contribution in [-0.2, 0) is 28.6 Å². The van der Waals surface area contributed by atoms with E-state index in [9.17, 15) is 14.4 Å². The zero-order valence-electron chi connectivity index (χ0n) is 54.5. The molecular weight excluding hydrogens is 1010 g/mol. The summed E-state index contributed by atoms with van der Waals surface area (Å²) in [6.07, 6.45) is 93.1. The molecule has 0 aliphatic heterocycles. The summed E-state index contributed by atoms with van der Waals surface area (Å²) < 4.78 is 17.0. The highest BCUT2D eigenvalue weighted by Gasteiger charge is 2.19. The number of hydrogen-bond donors (Lipinski definition) is 0. The lowest BCUT2D eigenvalue weighted by Crippen LogP contribution is -2.30. The maximum absolute atomic E-state index is 13.0. The molecule has 0 N–H and O–H groups in total. The molecule has 6 nitrogen and oxygen atoms in total. The van der Waals surface area contributed by atoms with E-state index in [1.807, 2.05) is 0 Å². The van der Waals surface area contributed by atoms with Gasteiger partial charge >= 0.3 is 17.9 Å². The molecular formula is C76H134O6. The first-order valence-corrected chi connectivity index (χ1v) is 35.6. The van der Waals surface area contributed by atoms with Gasteiger partial charge in [-0.1, -0.05) is 305 Å². The number of ether oxygens (including phenoxy) is 3. The van der Waals surface area contributed by atoms with Gasteiger partial charge in [0.1, 0.15) is 13.2 Å². The molecule has 0 saturated heterocycles. The second kappa shape index (κ2) is 70.1. The Kier molecular flexibility index (Phi) is 67.2. The molecule has 0 aromatic heterocycles. The van der Waals surface area contributed by atoms with E-state index in [-0.39, 0.29) is 31.1 Å². The van der Waals surface area contributed by atoms with E-state index in [2.05, 4.69) is 106 Å². The third-order valence-electron chi connectivity index (χ3n) is 15.6. The number of allylic oxidation sites excluding steroid dienone is 14. The number of carbonyl (C=O) groups is 3. The lowest BCUT2D eigenvalue weighted by Gasteiger charge is -2.18. The summed E-state index contributed by atoms with van der Waals surface area (Å²) in [6.45, 7) is 6.62. The Balaban J connectivity index is 4.34. The van der Waals surface area contributed by atoms with Gasteiger partial charge in [-0.25, -0.2) is 0 Å². The van der Waals surface area contributed by atoms with Crippen molar-refractivity contribution in [2.45, 2.75) is 367 Å². The van der Waals surface area contributed by atoms with E-state index < -0.39 is 6.10 Å². The second-order valence-corrected chi connectivity index (χ2v) is 23.8. The van der Waals surface area contributed by atoms with Crippen molar-refractivity contribution in [1.82, 2.24) is 0 Å². The van der Waals surface area contributed by atoms with Crippen LogP contribution >= 0.6 is 0 Å².